The molecule has 0 radical (unpaired) electrons. The average Bonchev–Trinajstić information content (AvgIpc) is 2.70. The summed E-state index contributed by atoms with van der Waals surface area (Å²) in [5, 5.41) is 5.05. The lowest BCUT2D eigenvalue weighted by molar-refractivity contribution is 0.0503. The lowest BCUT2D eigenvalue weighted by atomic mass is 10.0. The van der Waals surface area contributed by atoms with Crippen LogP contribution in [-0.4, -0.2) is 38.1 Å². The number of hydrogen-bond acceptors (Lipinski definition) is 5. The van der Waals surface area contributed by atoms with E-state index in [1.54, 1.807) is 20.8 Å². The van der Waals surface area contributed by atoms with Gasteiger partial charge in [0, 0.05) is 16.7 Å². The van der Waals surface area contributed by atoms with E-state index in [0.717, 1.165) is 6.42 Å². The molecule has 4 atom stereocenters. The summed E-state index contributed by atoms with van der Waals surface area (Å²) in [5.74, 6) is 0.186. The molecule has 1 aliphatic heterocycles. The highest BCUT2D eigenvalue weighted by atomic mass is 35.7. The van der Waals surface area contributed by atoms with Crippen molar-refractivity contribution in [2.24, 2.45) is 11.8 Å². The molecule has 0 unspecified atom stereocenters. The molecular weight excluding hydrogens is 304 g/mol. The Bertz CT molecular complexity index is 488. The van der Waals surface area contributed by atoms with E-state index < -0.39 is 26.1 Å². The van der Waals surface area contributed by atoms with Crippen LogP contribution in [0.4, 0.5) is 4.79 Å². The third-order valence-electron chi connectivity index (χ3n) is 3.74. The summed E-state index contributed by atoms with van der Waals surface area (Å²) in [6, 6.07) is -0.0529. The van der Waals surface area contributed by atoms with Crippen molar-refractivity contribution in [3.05, 3.63) is 0 Å². The first-order valence-corrected chi connectivity index (χ1v) is 9.10. The van der Waals surface area contributed by atoms with Crippen molar-refractivity contribution in [2.75, 3.05) is 6.54 Å². The van der Waals surface area contributed by atoms with Crippen molar-refractivity contribution < 1.29 is 17.9 Å². The molecule has 2 rings (SSSR count). The van der Waals surface area contributed by atoms with Crippen LogP contribution in [0.3, 0.4) is 0 Å². The van der Waals surface area contributed by atoms with Crippen LogP contribution in [0.1, 0.15) is 33.6 Å². The molecule has 1 saturated heterocycles. The number of carbonyl (C=O) groups is 1. The van der Waals surface area contributed by atoms with Crippen LogP contribution in [0.25, 0.3) is 0 Å². The first-order valence-electron chi connectivity index (χ1n) is 6.72. The summed E-state index contributed by atoms with van der Waals surface area (Å²) in [6.45, 7) is 6.02. The second-order valence-electron chi connectivity index (χ2n) is 6.54. The van der Waals surface area contributed by atoms with Gasteiger partial charge in [0.15, 0.2) is 0 Å². The standard InChI is InChI=1S/C12H21ClN2O4S/c1-12(2,3)19-11(16)15-8-4-7-6-14-10(9(7)5-8)20(13,17)18/h7-10,14H,4-6H2,1-3H3,(H,15,16)/t7-,8+,9+,10+/m1/s1. The van der Waals surface area contributed by atoms with E-state index >= 15 is 0 Å². The van der Waals surface area contributed by atoms with Crippen molar-refractivity contribution >= 4 is 25.8 Å². The first kappa shape index (κ1) is 15.9. The second kappa shape index (κ2) is 5.35. The van der Waals surface area contributed by atoms with Crippen LogP contribution < -0.4 is 10.6 Å². The minimum atomic E-state index is -3.62. The van der Waals surface area contributed by atoms with E-state index in [2.05, 4.69) is 10.6 Å². The maximum absolute atomic E-state index is 11.7. The number of ether oxygens (including phenoxy) is 1. The van der Waals surface area contributed by atoms with E-state index in [1.165, 1.54) is 0 Å². The van der Waals surface area contributed by atoms with E-state index in [9.17, 15) is 13.2 Å². The summed E-state index contributed by atoms with van der Waals surface area (Å²) in [7, 11) is 1.82. The number of nitrogens with one attached hydrogen (secondary N) is 2. The molecule has 1 saturated carbocycles. The average molecular weight is 325 g/mol. The number of carbonyl (C=O) groups excluding carboxylic acids is 1. The molecule has 116 valence electrons. The Kier molecular flexibility index (Phi) is 4.24. The van der Waals surface area contributed by atoms with Crippen molar-refractivity contribution in [1.29, 1.82) is 0 Å². The summed E-state index contributed by atoms with van der Waals surface area (Å²) >= 11 is 0. The third-order valence-corrected chi connectivity index (χ3v) is 5.44. The van der Waals surface area contributed by atoms with Gasteiger partial charge in [-0.1, -0.05) is 0 Å². The van der Waals surface area contributed by atoms with Crippen LogP contribution in [0, 0.1) is 11.8 Å². The number of rotatable bonds is 2. The highest BCUT2D eigenvalue weighted by molar-refractivity contribution is 8.14. The molecule has 1 aliphatic carbocycles. The minimum absolute atomic E-state index is 0.0440. The zero-order valence-corrected chi connectivity index (χ0v) is 13.4. The number of fused-ring (bicyclic) bond motifs is 1. The fraction of sp³-hybridized carbons (Fsp3) is 0.917. The number of alkyl carbamates (subject to hydrolysis) is 1. The van der Waals surface area contributed by atoms with Crippen LogP contribution in [-0.2, 0) is 13.8 Å². The quantitative estimate of drug-likeness (QED) is 0.750. The van der Waals surface area contributed by atoms with Crippen molar-refractivity contribution in [2.45, 2.75) is 50.6 Å². The van der Waals surface area contributed by atoms with Crippen LogP contribution >= 0.6 is 10.7 Å². The fourth-order valence-electron chi connectivity index (χ4n) is 3.08. The van der Waals surface area contributed by atoms with Gasteiger partial charge in [-0.25, -0.2) is 13.2 Å². The molecule has 20 heavy (non-hydrogen) atoms. The van der Waals surface area contributed by atoms with E-state index in [0.29, 0.717) is 13.0 Å². The van der Waals surface area contributed by atoms with Crippen molar-refractivity contribution in [1.82, 2.24) is 10.6 Å². The predicted molar refractivity (Wildman–Crippen MR) is 75.9 cm³/mol. The highest BCUT2D eigenvalue weighted by Crippen LogP contribution is 2.40. The van der Waals surface area contributed by atoms with Crippen LogP contribution in [0.2, 0.25) is 0 Å². The third kappa shape index (κ3) is 3.77. The minimum Gasteiger partial charge on any atom is -0.444 e. The Morgan fingerprint density at radius 3 is 2.55 bits per heavy atom. The largest absolute Gasteiger partial charge is 0.444 e. The molecule has 8 heteroatoms. The molecular formula is C12H21ClN2O4S. The van der Waals surface area contributed by atoms with Crippen molar-refractivity contribution in [3.63, 3.8) is 0 Å². The summed E-state index contributed by atoms with van der Waals surface area (Å²) in [5.41, 5.74) is -0.540. The summed E-state index contributed by atoms with van der Waals surface area (Å²) in [4.78, 5) is 11.7. The molecule has 2 aliphatic rings. The molecule has 0 spiro atoms. The Morgan fingerprint density at radius 1 is 1.35 bits per heavy atom. The van der Waals surface area contributed by atoms with Crippen LogP contribution in [0.5, 0.6) is 0 Å². The number of amides is 1. The van der Waals surface area contributed by atoms with E-state index in [1.807, 2.05) is 0 Å². The zero-order chi connectivity index (χ0) is 15.1. The van der Waals surface area contributed by atoms with Gasteiger partial charge in [0.1, 0.15) is 11.0 Å². The van der Waals surface area contributed by atoms with Gasteiger partial charge < -0.3 is 10.1 Å². The molecule has 0 aromatic carbocycles. The van der Waals surface area contributed by atoms with Gasteiger partial charge in [-0.15, -0.1) is 0 Å². The van der Waals surface area contributed by atoms with Gasteiger partial charge in [-0.05, 0) is 52.0 Å². The topological polar surface area (TPSA) is 84.5 Å². The Morgan fingerprint density at radius 2 is 2.00 bits per heavy atom. The second-order valence-corrected chi connectivity index (χ2v) is 9.29. The zero-order valence-electron chi connectivity index (χ0n) is 11.8. The highest BCUT2D eigenvalue weighted by Gasteiger charge is 2.48. The molecule has 0 aromatic heterocycles. The van der Waals surface area contributed by atoms with Gasteiger partial charge >= 0.3 is 6.09 Å². The number of halogens is 1. The monoisotopic (exact) mass is 324 g/mol. The van der Waals surface area contributed by atoms with Gasteiger partial charge in [0.25, 0.3) is 0 Å². The Hall–Kier alpha value is -0.530. The normalized spacial score (nSPS) is 33.8. The molecule has 2 N–H and O–H groups in total. The Labute approximate surface area is 124 Å². The van der Waals surface area contributed by atoms with Crippen LogP contribution in [0.15, 0.2) is 0 Å². The number of hydrogen-bond donors (Lipinski definition) is 2. The molecule has 0 bridgehead atoms. The van der Waals surface area contributed by atoms with E-state index in [4.69, 9.17) is 15.4 Å². The molecule has 1 amide bonds. The van der Waals surface area contributed by atoms with Gasteiger partial charge in [-0.2, -0.15) is 0 Å². The maximum Gasteiger partial charge on any atom is 0.407 e. The van der Waals surface area contributed by atoms with Gasteiger partial charge in [0.05, 0.1) is 0 Å². The summed E-state index contributed by atoms with van der Waals surface area (Å²) in [6.07, 6.45) is 0.897. The lowest BCUT2D eigenvalue weighted by Gasteiger charge is -2.22. The van der Waals surface area contributed by atoms with Gasteiger partial charge in [0.2, 0.25) is 9.05 Å². The lowest BCUT2D eigenvalue weighted by Crippen LogP contribution is -2.40. The van der Waals surface area contributed by atoms with Crippen molar-refractivity contribution in [3.8, 4) is 0 Å². The van der Waals surface area contributed by atoms with E-state index in [-0.39, 0.29) is 17.9 Å². The fourth-order valence-corrected chi connectivity index (χ4v) is 4.71. The maximum atomic E-state index is 11.7. The SMILES string of the molecule is CC(C)(C)OC(=O)N[C@H]1C[C@@H]2CN[C@@H](S(=O)(=O)Cl)[C@H]2C1. The molecule has 1 heterocycles. The predicted octanol–water partition coefficient (Wildman–Crippen LogP) is 1.40. The van der Waals surface area contributed by atoms with Gasteiger partial charge in [-0.3, -0.25) is 5.32 Å². The first-order chi connectivity index (χ1) is 9.06. The summed E-state index contributed by atoms with van der Waals surface area (Å²) < 4.78 is 28.2. The smallest absolute Gasteiger partial charge is 0.407 e. The molecule has 2 fully saturated rings. The Balaban J connectivity index is 1.92. The molecule has 0 aromatic rings. The molecule has 6 nitrogen and oxygen atoms in total.